The van der Waals surface area contributed by atoms with Gasteiger partial charge in [-0.1, -0.05) is 84.0 Å². The summed E-state index contributed by atoms with van der Waals surface area (Å²) in [7, 11) is 0. The lowest BCUT2D eigenvalue weighted by atomic mass is 9.81. The number of aliphatic hydroxyl groups excluding tert-OH is 1. The average molecular weight is 630 g/mol. The third-order valence-corrected chi connectivity index (χ3v) is 7.40. The molecule has 12 heteroatoms. The maximum Gasteiger partial charge on any atom is 0.405 e. The van der Waals surface area contributed by atoms with Crippen molar-refractivity contribution in [1.82, 2.24) is 5.32 Å². The first-order chi connectivity index (χ1) is 22.2. The predicted molar refractivity (Wildman–Crippen MR) is 167 cm³/mol. The molecule has 2 N–H and O–H groups in total. The summed E-state index contributed by atoms with van der Waals surface area (Å²) in [6.45, 7) is -1.28. The fraction of sp³-hybridized carbons (Fsp3) is 0.235. The Hall–Kier alpha value is -5.32. The van der Waals surface area contributed by atoms with Gasteiger partial charge in [0.2, 0.25) is 5.90 Å². The molecular formula is C34H30F3N5O4. The molecule has 0 aromatic heterocycles. The summed E-state index contributed by atoms with van der Waals surface area (Å²) in [5.74, 6) is -0.430. The van der Waals surface area contributed by atoms with Crippen LogP contribution in [-0.2, 0) is 16.0 Å². The normalized spacial score (nSPS) is 17.4. The van der Waals surface area contributed by atoms with Gasteiger partial charge in [-0.2, -0.15) is 13.2 Å². The van der Waals surface area contributed by atoms with Crippen molar-refractivity contribution in [3.05, 3.63) is 130 Å². The second-order valence-corrected chi connectivity index (χ2v) is 10.6. The van der Waals surface area contributed by atoms with E-state index in [1.54, 1.807) is 60.7 Å². The number of hydrogen-bond acceptors (Lipinski definition) is 6. The number of carbonyl (C=O) groups excluding carboxylic acids is 1. The zero-order valence-corrected chi connectivity index (χ0v) is 24.5. The number of benzene rings is 4. The van der Waals surface area contributed by atoms with E-state index >= 15 is 0 Å². The number of carbonyl (C=O) groups is 1. The first-order valence-corrected chi connectivity index (χ1v) is 14.5. The lowest BCUT2D eigenvalue weighted by Gasteiger charge is -2.31. The highest BCUT2D eigenvalue weighted by molar-refractivity contribution is 6.01. The molecule has 236 valence electrons. The summed E-state index contributed by atoms with van der Waals surface area (Å²) in [4.78, 5) is 21.6. The maximum absolute atomic E-state index is 14.0. The number of nitrogens with zero attached hydrogens (tertiary/aromatic N) is 4. The molecule has 1 amide bonds. The third kappa shape index (κ3) is 7.48. The van der Waals surface area contributed by atoms with Crippen molar-refractivity contribution in [1.29, 1.82) is 0 Å². The van der Waals surface area contributed by atoms with Crippen molar-refractivity contribution < 1.29 is 32.5 Å². The highest BCUT2D eigenvalue weighted by Crippen LogP contribution is 2.44. The van der Waals surface area contributed by atoms with E-state index in [1.807, 2.05) is 47.8 Å². The molecule has 0 bridgehead atoms. The van der Waals surface area contributed by atoms with Gasteiger partial charge in [-0.3, -0.25) is 4.79 Å². The van der Waals surface area contributed by atoms with Crippen molar-refractivity contribution in [3.8, 4) is 16.9 Å². The number of aliphatic imine (C=N–C) groups is 1. The van der Waals surface area contributed by atoms with E-state index in [0.29, 0.717) is 35.5 Å². The monoisotopic (exact) mass is 629 g/mol. The second kappa shape index (κ2) is 14.2. The van der Waals surface area contributed by atoms with Gasteiger partial charge in [-0.05, 0) is 52.1 Å². The molecule has 0 saturated carbocycles. The predicted octanol–water partition coefficient (Wildman–Crippen LogP) is 7.23. The molecule has 0 aliphatic carbocycles. The number of alkyl halides is 3. The fourth-order valence-electron chi connectivity index (χ4n) is 5.19. The van der Waals surface area contributed by atoms with Crippen LogP contribution in [0.4, 0.5) is 18.9 Å². The number of hydrogen-bond donors (Lipinski definition) is 2. The number of halogens is 3. The topological polar surface area (TPSA) is 129 Å². The van der Waals surface area contributed by atoms with Gasteiger partial charge in [0.05, 0.1) is 6.61 Å². The van der Waals surface area contributed by atoms with E-state index in [-0.39, 0.29) is 24.6 Å². The van der Waals surface area contributed by atoms with Crippen LogP contribution in [0.2, 0.25) is 0 Å². The van der Waals surface area contributed by atoms with Crippen LogP contribution in [0.25, 0.3) is 21.6 Å². The minimum absolute atomic E-state index is 0.0161. The van der Waals surface area contributed by atoms with E-state index in [2.05, 4.69) is 10.0 Å². The Morgan fingerprint density at radius 3 is 2.28 bits per heavy atom. The molecule has 0 saturated heterocycles. The molecule has 9 nitrogen and oxygen atoms in total. The van der Waals surface area contributed by atoms with Crippen LogP contribution in [0.5, 0.6) is 5.75 Å². The van der Waals surface area contributed by atoms with Crippen molar-refractivity contribution in [2.24, 2.45) is 10.1 Å². The van der Waals surface area contributed by atoms with E-state index in [9.17, 15) is 18.0 Å². The molecule has 1 aliphatic rings. The van der Waals surface area contributed by atoms with Gasteiger partial charge in [0.25, 0.3) is 5.91 Å². The summed E-state index contributed by atoms with van der Waals surface area (Å²) in [6.07, 6.45) is -5.61. The minimum Gasteiger partial charge on any atom is -0.494 e. The fourth-order valence-corrected chi connectivity index (χ4v) is 5.19. The van der Waals surface area contributed by atoms with Crippen LogP contribution < -0.4 is 10.1 Å². The molecule has 4 aromatic rings. The molecule has 4 aromatic carbocycles. The molecule has 0 spiro atoms. The van der Waals surface area contributed by atoms with Crippen LogP contribution in [0, 0.1) is 0 Å². The van der Waals surface area contributed by atoms with E-state index in [1.165, 1.54) is 0 Å². The molecule has 46 heavy (non-hydrogen) atoms. The van der Waals surface area contributed by atoms with E-state index in [4.69, 9.17) is 25.1 Å². The zero-order valence-electron chi connectivity index (χ0n) is 24.5. The standard InChI is InChI=1S/C34H30F3N5O4/c35-34(36,37)22-39-32(44)33(21-27-9-4-5-10-29(27)41-42-38)30(25-13-11-24(12-14-25)23-7-2-1-3-8-23)46-31(40-33)26-15-17-28(18-16-26)45-20-6-19-43/h1-5,7-18,30,43H,6,19-22H2,(H,39,44)/t30-,33-/m1/s1. The number of aliphatic hydroxyl groups is 1. The second-order valence-electron chi connectivity index (χ2n) is 10.6. The van der Waals surface area contributed by atoms with Crippen LogP contribution >= 0.6 is 0 Å². The van der Waals surface area contributed by atoms with Crippen molar-refractivity contribution in [2.75, 3.05) is 19.8 Å². The number of azide groups is 1. The molecule has 0 fully saturated rings. The van der Waals surface area contributed by atoms with Gasteiger partial charge in [0.1, 0.15) is 12.3 Å². The molecule has 0 radical (unpaired) electrons. The lowest BCUT2D eigenvalue weighted by molar-refractivity contribution is -0.143. The molecule has 2 atom stereocenters. The van der Waals surface area contributed by atoms with Gasteiger partial charge in [-0.15, -0.1) is 0 Å². The Bertz CT molecular complexity index is 1720. The Morgan fingerprint density at radius 2 is 1.61 bits per heavy atom. The van der Waals surface area contributed by atoms with Crippen molar-refractivity contribution >= 4 is 17.5 Å². The van der Waals surface area contributed by atoms with Gasteiger partial charge in [0, 0.05) is 35.6 Å². The zero-order chi connectivity index (χ0) is 32.6. The summed E-state index contributed by atoms with van der Waals surface area (Å²) in [5.41, 5.74) is 10.7. The molecule has 1 heterocycles. The van der Waals surface area contributed by atoms with Crippen LogP contribution in [0.1, 0.15) is 29.2 Å². The average Bonchev–Trinajstić information content (AvgIpc) is 3.45. The van der Waals surface area contributed by atoms with Gasteiger partial charge < -0.3 is 19.9 Å². The summed E-state index contributed by atoms with van der Waals surface area (Å²) < 4.78 is 52.1. The largest absolute Gasteiger partial charge is 0.494 e. The number of amides is 1. The van der Waals surface area contributed by atoms with Gasteiger partial charge in [-0.25, -0.2) is 4.99 Å². The Morgan fingerprint density at radius 1 is 0.957 bits per heavy atom. The highest BCUT2D eigenvalue weighted by Gasteiger charge is 2.54. The molecule has 1 aliphatic heterocycles. The lowest BCUT2D eigenvalue weighted by Crippen LogP contribution is -2.51. The minimum atomic E-state index is -4.68. The third-order valence-electron chi connectivity index (χ3n) is 7.40. The smallest absolute Gasteiger partial charge is 0.405 e. The van der Waals surface area contributed by atoms with E-state index in [0.717, 1.165) is 11.1 Å². The van der Waals surface area contributed by atoms with Gasteiger partial charge in [0.15, 0.2) is 11.6 Å². The molecule has 0 unspecified atom stereocenters. The number of rotatable bonds is 12. The quantitative estimate of drug-likeness (QED) is 0.0741. The Kier molecular flexibility index (Phi) is 9.90. The van der Waals surface area contributed by atoms with Crippen LogP contribution in [0.15, 0.2) is 113 Å². The van der Waals surface area contributed by atoms with Crippen molar-refractivity contribution in [3.63, 3.8) is 0 Å². The molecule has 5 rings (SSSR count). The van der Waals surface area contributed by atoms with Crippen LogP contribution in [-0.4, -0.2) is 48.4 Å². The Balaban J connectivity index is 1.61. The van der Waals surface area contributed by atoms with Gasteiger partial charge >= 0.3 is 6.18 Å². The van der Waals surface area contributed by atoms with E-state index < -0.39 is 30.3 Å². The maximum atomic E-state index is 14.0. The Labute approximate surface area is 263 Å². The van der Waals surface area contributed by atoms with Crippen molar-refractivity contribution in [2.45, 2.75) is 30.7 Å². The van der Waals surface area contributed by atoms with Crippen LogP contribution in [0.3, 0.4) is 0 Å². The number of nitrogens with one attached hydrogen (secondary N) is 1. The first kappa shape index (κ1) is 32.1. The SMILES string of the molecule is [N-]=[N+]=Nc1ccccc1C[C@@]1(C(=O)NCC(F)(F)F)N=C(c2ccc(OCCCO)cc2)O[C@@H]1c1ccc(-c2ccccc2)cc1. The summed E-state index contributed by atoms with van der Waals surface area (Å²) >= 11 is 0. The number of ether oxygens (including phenoxy) is 2. The summed E-state index contributed by atoms with van der Waals surface area (Å²) in [6, 6.07) is 30.0. The highest BCUT2D eigenvalue weighted by atomic mass is 19.4. The first-order valence-electron chi connectivity index (χ1n) is 14.5. The molecular weight excluding hydrogens is 599 g/mol. The summed E-state index contributed by atoms with van der Waals surface area (Å²) in [5, 5.41) is 14.8.